The van der Waals surface area contributed by atoms with Gasteiger partial charge in [-0.25, -0.2) is 4.68 Å². The van der Waals surface area contributed by atoms with Crippen LogP contribution in [0.15, 0.2) is 66.0 Å². The number of ether oxygens (including phenoxy) is 1. The Morgan fingerprint density at radius 1 is 1.15 bits per heavy atom. The van der Waals surface area contributed by atoms with Gasteiger partial charge in [0.05, 0.1) is 13.3 Å². The number of ketones is 1. The SMILES string of the molecule is COc1ccccc1C1C2=C(CC(C)(C)CC2=O)Nc2c(C(=O)Nc3ccc(C)cc3)cnn21. The molecular weight excluding hydrogens is 428 g/mol. The standard InChI is InChI=1S/C27H28N4O3/c1-16-9-11-17(12-10-16)29-26(33)19-15-28-31-24(18-7-5-6-8-22(18)34-4)23-20(30-25(19)31)13-27(2,3)14-21(23)32/h5-12,15,24,30H,13-14H2,1-4H3,(H,29,33). The molecule has 2 aromatic carbocycles. The van der Waals surface area contributed by atoms with Gasteiger partial charge in [-0.1, -0.05) is 49.7 Å². The maximum Gasteiger partial charge on any atom is 0.261 e. The van der Waals surface area contributed by atoms with Crippen LogP contribution in [0.5, 0.6) is 5.75 Å². The van der Waals surface area contributed by atoms with Crippen LogP contribution in [-0.4, -0.2) is 28.6 Å². The van der Waals surface area contributed by atoms with Crippen molar-refractivity contribution in [2.75, 3.05) is 17.7 Å². The number of para-hydroxylation sites is 1. The minimum atomic E-state index is -0.480. The molecule has 174 valence electrons. The third kappa shape index (κ3) is 3.77. The summed E-state index contributed by atoms with van der Waals surface area (Å²) in [6, 6.07) is 14.8. The Bertz CT molecular complexity index is 1320. The number of Topliss-reactive ketones (excluding diaryl/α,β-unsaturated/α-hetero) is 1. The van der Waals surface area contributed by atoms with Crippen molar-refractivity contribution in [2.45, 2.75) is 39.7 Å². The van der Waals surface area contributed by atoms with Gasteiger partial charge in [0, 0.05) is 28.9 Å². The summed E-state index contributed by atoms with van der Waals surface area (Å²) in [5, 5.41) is 10.9. The molecule has 7 heteroatoms. The van der Waals surface area contributed by atoms with E-state index < -0.39 is 6.04 Å². The van der Waals surface area contributed by atoms with Crippen LogP contribution in [0.2, 0.25) is 0 Å². The van der Waals surface area contributed by atoms with E-state index in [1.165, 1.54) is 0 Å². The summed E-state index contributed by atoms with van der Waals surface area (Å²) < 4.78 is 7.37. The molecule has 0 radical (unpaired) electrons. The van der Waals surface area contributed by atoms with Gasteiger partial charge in [-0.2, -0.15) is 5.10 Å². The molecule has 0 saturated carbocycles. The molecule has 2 aliphatic rings. The molecule has 0 fully saturated rings. The van der Waals surface area contributed by atoms with Crippen molar-refractivity contribution >= 4 is 23.2 Å². The van der Waals surface area contributed by atoms with Crippen molar-refractivity contribution in [3.05, 3.63) is 82.7 Å². The van der Waals surface area contributed by atoms with Crippen molar-refractivity contribution < 1.29 is 14.3 Å². The quantitative estimate of drug-likeness (QED) is 0.570. The molecule has 2 N–H and O–H groups in total. The Kier molecular flexibility index (Phi) is 5.27. The number of hydrogen-bond acceptors (Lipinski definition) is 5. The first-order valence-corrected chi connectivity index (χ1v) is 11.4. The fraction of sp³-hybridized carbons (Fsp3) is 0.296. The second-order valence-corrected chi connectivity index (χ2v) is 9.77. The summed E-state index contributed by atoms with van der Waals surface area (Å²) in [6.45, 7) is 6.18. The van der Waals surface area contributed by atoms with Crippen molar-refractivity contribution in [1.29, 1.82) is 0 Å². The van der Waals surface area contributed by atoms with E-state index in [2.05, 4.69) is 29.6 Å². The number of anilines is 2. The number of rotatable bonds is 4. The predicted octanol–water partition coefficient (Wildman–Crippen LogP) is 5.11. The average Bonchev–Trinajstić information content (AvgIpc) is 3.22. The van der Waals surface area contributed by atoms with E-state index in [1.807, 2.05) is 55.5 Å². The van der Waals surface area contributed by atoms with Crippen LogP contribution in [0.3, 0.4) is 0 Å². The number of nitrogens with one attached hydrogen (secondary N) is 2. The van der Waals surface area contributed by atoms with Crippen LogP contribution in [0, 0.1) is 12.3 Å². The number of aryl methyl sites for hydroxylation is 1. The van der Waals surface area contributed by atoms with Gasteiger partial charge in [0.2, 0.25) is 0 Å². The molecule has 3 aromatic rings. The summed E-state index contributed by atoms with van der Waals surface area (Å²) in [5.41, 5.74) is 4.43. The highest BCUT2D eigenvalue weighted by atomic mass is 16.5. The molecule has 2 heterocycles. The number of hydrogen-bond donors (Lipinski definition) is 2. The number of fused-ring (bicyclic) bond motifs is 1. The van der Waals surface area contributed by atoms with Gasteiger partial charge >= 0.3 is 0 Å². The molecule has 34 heavy (non-hydrogen) atoms. The second kappa shape index (κ2) is 8.17. The molecule has 5 rings (SSSR count). The Morgan fingerprint density at radius 3 is 2.62 bits per heavy atom. The van der Waals surface area contributed by atoms with Crippen LogP contribution in [0.1, 0.15) is 54.2 Å². The predicted molar refractivity (Wildman–Crippen MR) is 131 cm³/mol. The monoisotopic (exact) mass is 456 g/mol. The molecule has 1 aromatic heterocycles. The minimum Gasteiger partial charge on any atom is -0.496 e. The van der Waals surface area contributed by atoms with Crippen LogP contribution < -0.4 is 15.4 Å². The molecule has 7 nitrogen and oxygen atoms in total. The highest BCUT2D eigenvalue weighted by Gasteiger charge is 2.43. The second-order valence-electron chi connectivity index (χ2n) is 9.77. The number of carbonyl (C=O) groups excluding carboxylic acids is 2. The topological polar surface area (TPSA) is 85.2 Å². The summed E-state index contributed by atoms with van der Waals surface area (Å²) in [5.74, 6) is 1.07. The zero-order chi connectivity index (χ0) is 24.0. The lowest BCUT2D eigenvalue weighted by Crippen LogP contribution is -2.37. The van der Waals surface area contributed by atoms with E-state index in [4.69, 9.17) is 4.74 Å². The fourth-order valence-corrected chi connectivity index (χ4v) is 4.89. The Balaban J connectivity index is 1.61. The Labute approximate surface area is 198 Å². The summed E-state index contributed by atoms with van der Waals surface area (Å²) in [4.78, 5) is 26.6. The fourth-order valence-electron chi connectivity index (χ4n) is 4.89. The van der Waals surface area contributed by atoms with Gasteiger partial charge in [-0.3, -0.25) is 9.59 Å². The average molecular weight is 457 g/mol. The highest BCUT2D eigenvalue weighted by molar-refractivity contribution is 6.08. The largest absolute Gasteiger partial charge is 0.496 e. The van der Waals surface area contributed by atoms with Gasteiger partial charge in [0.25, 0.3) is 5.91 Å². The van der Waals surface area contributed by atoms with E-state index in [-0.39, 0.29) is 17.1 Å². The van der Waals surface area contributed by atoms with E-state index in [1.54, 1.807) is 18.0 Å². The maximum atomic E-state index is 13.4. The smallest absolute Gasteiger partial charge is 0.261 e. The van der Waals surface area contributed by atoms with Crippen molar-refractivity contribution in [3.63, 3.8) is 0 Å². The lowest BCUT2D eigenvalue weighted by Gasteiger charge is -2.39. The molecular formula is C27H28N4O3. The molecule has 0 bridgehead atoms. The number of benzene rings is 2. The van der Waals surface area contributed by atoms with Gasteiger partial charge in [0.15, 0.2) is 5.78 Å². The molecule has 1 amide bonds. The van der Waals surface area contributed by atoms with Crippen LogP contribution in [-0.2, 0) is 4.79 Å². The van der Waals surface area contributed by atoms with Gasteiger partial charge < -0.3 is 15.4 Å². The van der Waals surface area contributed by atoms with Gasteiger partial charge in [-0.05, 0) is 37.0 Å². The van der Waals surface area contributed by atoms with Crippen LogP contribution >= 0.6 is 0 Å². The zero-order valence-corrected chi connectivity index (χ0v) is 19.8. The normalized spacial score (nSPS) is 18.6. The van der Waals surface area contributed by atoms with Crippen molar-refractivity contribution in [1.82, 2.24) is 9.78 Å². The van der Waals surface area contributed by atoms with E-state index in [9.17, 15) is 9.59 Å². The summed E-state index contributed by atoms with van der Waals surface area (Å²) in [7, 11) is 1.62. The van der Waals surface area contributed by atoms with Gasteiger partial charge in [0.1, 0.15) is 23.2 Å². The van der Waals surface area contributed by atoms with E-state index in [0.717, 1.165) is 16.8 Å². The first kappa shape index (κ1) is 21.9. The molecule has 1 atom stereocenters. The number of aromatic nitrogens is 2. The number of amides is 1. The minimum absolute atomic E-state index is 0.0847. The Morgan fingerprint density at radius 2 is 1.88 bits per heavy atom. The number of methoxy groups -OCH3 is 1. The molecule has 0 spiro atoms. The van der Waals surface area contributed by atoms with E-state index >= 15 is 0 Å². The number of carbonyl (C=O) groups is 2. The van der Waals surface area contributed by atoms with E-state index in [0.29, 0.717) is 41.2 Å². The first-order valence-electron chi connectivity index (χ1n) is 11.4. The Hall–Kier alpha value is -3.87. The van der Waals surface area contributed by atoms with Crippen molar-refractivity contribution in [2.24, 2.45) is 5.41 Å². The first-order chi connectivity index (χ1) is 16.3. The lowest BCUT2D eigenvalue weighted by atomic mass is 9.73. The van der Waals surface area contributed by atoms with Crippen LogP contribution in [0.4, 0.5) is 11.5 Å². The summed E-state index contributed by atoms with van der Waals surface area (Å²) in [6.07, 6.45) is 2.71. The zero-order valence-electron chi connectivity index (χ0n) is 19.8. The molecule has 1 unspecified atom stereocenters. The number of nitrogens with zero attached hydrogens (tertiary/aromatic N) is 2. The molecule has 1 aliphatic heterocycles. The van der Waals surface area contributed by atoms with Crippen molar-refractivity contribution in [3.8, 4) is 5.75 Å². The highest BCUT2D eigenvalue weighted by Crippen LogP contribution is 2.47. The maximum absolute atomic E-state index is 13.4. The third-order valence-electron chi connectivity index (χ3n) is 6.49. The lowest BCUT2D eigenvalue weighted by molar-refractivity contribution is -0.118. The summed E-state index contributed by atoms with van der Waals surface area (Å²) >= 11 is 0. The van der Waals surface area contributed by atoms with Gasteiger partial charge in [-0.15, -0.1) is 0 Å². The molecule has 1 aliphatic carbocycles. The molecule has 0 saturated heterocycles. The van der Waals surface area contributed by atoms with Crippen LogP contribution in [0.25, 0.3) is 0 Å². The number of allylic oxidation sites excluding steroid dienone is 2. The third-order valence-corrected chi connectivity index (χ3v) is 6.49.